The molecule has 0 atom stereocenters. The molecule has 3 rings (SSSR count). The minimum absolute atomic E-state index is 0.790. The van der Waals surface area contributed by atoms with Gasteiger partial charge in [0.2, 0.25) is 0 Å². The van der Waals surface area contributed by atoms with E-state index in [1.165, 1.54) is 37.3 Å². The van der Waals surface area contributed by atoms with Crippen LogP contribution in [0.15, 0.2) is 42.5 Å². The molecule has 0 amide bonds. The van der Waals surface area contributed by atoms with E-state index in [2.05, 4.69) is 24.3 Å². The lowest BCUT2D eigenvalue weighted by Crippen LogP contribution is -3.27. The average molecular weight is 363 g/mol. The van der Waals surface area contributed by atoms with Gasteiger partial charge in [0.05, 0.1) is 14.2 Å². The van der Waals surface area contributed by atoms with Crippen LogP contribution in [0, 0.1) is 0 Å². The number of quaternary nitrogens is 2. The third-order valence-electron chi connectivity index (χ3n) is 4.93. The number of rotatable bonds is 6. The van der Waals surface area contributed by atoms with E-state index < -0.39 is 0 Å². The van der Waals surface area contributed by atoms with E-state index in [0.717, 1.165) is 29.6 Å². The second-order valence-electron chi connectivity index (χ2n) is 6.67. The van der Waals surface area contributed by atoms with Crippen molar-refractivity contribution in [2.45, 2.75) is 13.1 Å². The van der Waals surface area contributed by atoms with Gasteiger partial charge in [0.1, 0.15) is 39.3 Å². The Morgan fingerprint density at radius 2 is 1.28 bits per heavy atom. The lowest BCUT2D eigenvalue weighted by atomic mass is 10.1. The molecule has 1 aliphatic heterocycles. The first-order valence-corrected chi connectivity index (χ1v) is 9.18. The van der Waals surface area contributed by atoms with Crippen LogP contribution in [0.4, 0.5) is 0 Å². The van der Waals surface area contributed by atoms with Gasteiger partial charge in [0, 0.05) is 16.1 Å². The van der Waals surface area contributed by atoms with Crippen LogP contribution in [-0.2, 0) is 13.1 Å². The third kappa shape index (κ3) is 4.88. The summed E-state index contributed by atoms with van der Waals surface area (Å²) in [4.78, 5) is 3.28. The molecule has 0 bridgehead atoms. The summed E-state index contributed by atoms with van der Waals surface area (Å²) in [5.41, 5.74) is 2.66. The molecule has 134 valence electrons. The maximum absolute atomic E-state index is 5.96. The maximum Gasteiger partial charge on any atom is 0.161 e. The molecule has 2 aromatic carbocycles. The van der Waals surface area contributed by atoms with Crippen molar-refractivity contribution in [3.8, 4) is 11.5 Å². The number of methoxy groups -OCH3 is 2. The third-order valence-corrected chi connectivity index (χ3v) is 5.19. The quantitative estimate of drug-likeness (QED) is 0.797. The number of hydrogen-bond acceptors (Lipinski definition) is 2. The summed E-state index contributed by atoms with van der Waals surface area (Å²) >= 11 is 5.96. The van der Waals surface area contributed by atoms with E-state index >= 15 is 0 Å². The summed E-state index contributed by atoms with van der Waals surface area (Å²) < 4.78 is 10.7. The van der Waals surface area contributed by atoms with Gasteiger partial charge in [-0.1, -0.05) is 23.7 Å². The first-order valence-electron chi connectivity index (χ1n) is 8.80. The van der Waals surface area contributed by atoms with E-state index in [1.807, 2.05) is 18.2 Å². The van der Waals surface area contributed by atoms with Crippen LogP contribution in [0.3, 0.4) is 0 Å². The Kier molecular flexibility index (Phi) is 6.19. The highest BCUT2D eigenvalue weighted by Gasteiger charge is 2.23. The summed E-state index contributed by atoms with van der Waals surface area (Å²) in [6, 6.07) is 14.5. The minimum Gasteiger partial charge on any atom is -0.493 e. The van der Waals surface area contributed by atoms with Gasteiger partial charge in [0.15, 0.2) is 11.5 Å². The molecule has 2 N–H and O–H groups in total. The first kappa shape index (κ1) is 18.1. The number of benzene rings is 2. The normalized spacial score (nSPS) is 20.3. The van der Waals surface area contributed by atoms with Crippen molar-refractivity contribution in [1.82, 2.24) is 0 Å². The molecular formula is C20H27ClN2O2+2. The molecular weight excluding hydrogens is 336 g/mol. The van der Waals surface area contributed by atoms with E-state index in [4.69, 9.17) is 21.1 Å². The summed E-state index contributed by atoms with van der Waals surface area (Å²) in [6.45, 7) is 6.90. The maximum atomic E-state index is 5.96. The highest BCUT2D eigenvalue weighted by molar-refractivity contribution is 6.30. The van der Waals surface area contributed by atoms with Gasteiger partial charge in [-0.3, -0.25) is 0 Å². The molecule has 0 aromatic heterocycles. The van der Waals surface area contributed by atoms with E-state index in [9.17, 15) is 0 Å². The predicted molar refractivity (Wildman–Crippen MR) is 99.8 cm³/mol. The molecule has 1 fully saturated rings. The van der Waals surface area contributed by atoms with E-state index in [1.54, 1.807) is 24.0 Å². The second-order valence-corrected chi connectivity index (χ2v) is 7.11. The van der Waals surface area contributed by atoms with Crippen molar-refractivity contribution < 1.29 is 19.3 Å². The Balaban J connectivity index is 1.51. The monoisotopic (exact) mass is 362 g/mol. The molecule has 5 heteroatoms. The number of ether oxygens (including phenoxy) is 2. The van der Waals surface area contributed by atoms with E-state index in [-0.39, 0.29) is 0 Å². The lowest BCUT2D eigenvalue weighted by Gasteiger charge is -2.30. The molecule has 2 aromatic rings. The fourth-order valence-corrected chi connectivity index (χ4v) is 3.61. The van der Waals surface area contributed by atoms with Crippen LogP contribution in [-0.4, -0.2) is 40.4 Å². The Bertz CT molecular complexity index is 683. The van der Waals surface area contributed by atoms with Crippen molar-refractivity contribution in [1.29, 1.82) is 0 Å². The van der Waals surface area contributed by atoms with Crippen LogP contribution in [0.25, 0.3) is 0 Å². The molecule has 4 nitrogen and oxygen atoms in total. The Morgan fingerprint density at radius 3 is 1.84 bits per heavy atom. The van der Waals surface area contributed by atoms with Gasteiger partial charge in [-0.15, -0.1) is 0 Å². The molecule has 1 heterocycles. The van der Waals surface area contributed by atoms with Gasteiger partial charge in [-0.2, -0.15) is 0 Å². The number of nitrogens with one attached hydrogen (secondary N) is 2. The van der Waals surface area contributed by atoms with Gasteiger partial charge >= 0.3 is 0 Å². The van der Waals surface area contributed by atoms with Crippen molar-refractivity contribution >= 4 is 11.6 Å². The largest absolute Gasteiger partial charge is 0.493 e. The summed E-state index contributed by atoms with van der Waals surface area (Å²) in [5.74, 6) is 1.60. The molecule has 0 spiro atoms. The summed E-state index contributed by atoms with van der Waals surface area (Å²) in [5, 5.41) is 0.808. The predicted octanol–water partition coefficient (Wildman–Crippen LogP) is 0.841. The molecule has 0 radical (unpaired) electrons. The van der Waals surface area contributed by atoms with Crippen molar-refractivity contribution in [2.24, 2.45) is 0 Å². The molecule has 1 aliphatic rings. The lowest BCUT2D eigenvalue weighted by molar-refractivity contribution is -1.02. The van der Waals surface area contributed by atoms with Crippen LogP contribution < -0.4 is 19.3 Å². The van der Waals surface area contributed by atoms with Gasteiger partial charge in [-0.05, 0) is 30.3 Å². The molecule has 0 aliphatic carbocycles. The minimum atomic E-state index is 0.790. The highest BCUT2D eigenvalue weighted by atomic mass is 35.5. The van der Waals surface area contributed by atoms with Crippen LogP contribution >= 0.6 is 11.6 Å². The number of piperazine rings is 1. The summed E-state index contributed by atoms with van der Waals surface area (Å²) in [7, 11) is 3.36. The fourth-order valence-electron chi connectivity index (χ4n) is 3.48. The zero-order chi connectivity index (χ0) is 17.6. The summed E-state index contributed by atoms with van der Waals surface area (Å²) in [6.07, 6.45) is 0. The first-order chi connectivity index (χ1) is 12.2. The second kappa shape index (κ2) is 8.56. The molecule has 25 heavy (non-hydrogen) atoms. The van der Waals surface area contributed by atoms with Crippen LogP contribution in [0.1, 0.15) is 11.1 Å². The average Bonchev–Trinajstić information content (AvgIpc) is 2.65. The van der Waals surface area contributed by atoms with Crippen LogP contribution in [0.5, 0.6) is 11.5 Å². The number of halogens is 1. The zero-order valence-corrected chi connectivity index (χ0v) is 15.7. The molecule has 1 saturated heterocycles. The van der Waals surface area contributed by atoms with Gasteiger partial charge in [0.25, 0.3) is 0 Å². The Hall–Kier alpha value is -1.75. The number of hydrogen-bond donors (Lipinski definition) is 2. The van der Waals surface area contributed by atoms with Crippen molar-refractivity contribution in [3.05, 3.63) is 58.6 Å². The molecule has 0 unspecified atom stereocenters. The van der Waals surface area contributed by atoms with Gasteiger partial charge in [-0.25, -0.2) is 0 Å². The van der Waals surface area contributed by atoms with Crippen molar-refractivity contribution in [2.75, 3.05) is 40.4 Å². The van der Waals surface area contributed by atoms with Gasteiger partial charge < -0.3 is 19.3 Å². The standard InChI is InChI=1S/C20H25ClN2O2/c1-24-19-8-5-17(13-20(19)25-2)15-23-11-9-22(10-12-23)14-16-3-6-18(21)7-4-16/h3-8,13H,9-12,14-15H2,1-2H3/p+2. The van der Waals surface area contributed by atoms with Crippen molar-refractivity contribution in [3.63, 3.8) is 0 Å². The Morgan fingerprint density at radius 1 is 0.760 bits per heavy atom. The zero-order valence-electron chi connectivity index (χ0n) is 15.0. The topological polar surface area (TPSA) is 27.3 Å². The van der Waals surface area contributed by atoms with E-state index in [0.29, 0.717) is 0 Å². The SMILES string of the molecule is COc1ccc(C[NH+]2CC[NH+](Cc3ccc(Cl)cc3)CC2)cc1OC. The highest BCUT2D eigenvalue weighted by Crippen LogP contribution is 2.27. The Labute approximate surface area is 154 Å². The smallest absolute Gasteiger partial charge is 0.161 e. The van der Waals surface area contributed by atoms with Crippen LogP contribution in [0.2, 0.25) is 5.02 Å². The molecule has 0 saturated carbocycles. The fraction of sp³-hybridized carbons (Fsp3) is 0.400.